The second kappa shape index (κ2) is 9.07. The fourth-order valence-electron chi connectivity index (χ4n) is 1.84. The van der Waals surface area contributed by atoms with Crippen molar-refractivity contribution in [2.24, 2.45) is 0 Å². The number of amides is 2. The smallest absolute Gasteiger partial charge is 0.224 e. The third-order valence-corrected chi connectivity index (χ3v) is 3.02. The van der Waals surface area contributed by atoms with E-state index in [1.54, 1.807) is 30.2 Å². The third kappa shape index (κ3) is 6.35. The van der Waals surface area contributed by atoms with Crippen LogP contribution in [0.15, 0.2) is 24.3 Å². The molecule has 0 atom stereocenters. The summed E-state index contributed by atoms with van der Waals surface area (Å²) >= 11 is 0. The van der Waals surface area contributed by atoms with Crippen LogP contribution in [0.5, 0.6) is 0 Å². The summed E-state index contributed by atoms with van der Waals surface area (Å²) in [5, 5.41) is 2.68. The van der Waals surface area contributed by atoms with Crippen molar-refractivity contribution in [3.63, 3.8) is 0 Å². The second-order valence-electron chi connectivity index (χ2n) is 4.62. The molecule has 0 fully saturated rings. The maximum absolute atomic E-state index is 13.4. The van der Waals surface area contributed by atoms with Gasteiger partial charge in [-0.25, -0.2) is 4.39 Å². The number of ether oxygens (including phenoxy) is 1. The first-order chi connectivity index (χ1) is 10.0. The van der Waals surface area contributed by atoms with E-state index in [0.29, 0.717) is 31.8 Å². The molecular formula is C15H21FN2O3. The maximum Gasteiger partial charge on any atom is 0.224 e. The van der Waals surface area contributed by atoms with Crippen molar-refractivity contribution in [2.75, 3.05) is 33.4 Å². The molecule has 116 valence electrons. The Morgan fingerprint density at radius 2 is 2.00 bits per heavy atom. The van der Waals surface area contributed by atoms with Crippen LogP contribution >= 0.6 is 0 Å². The fourth-order valence-corrected chi connectivity index (χ4v) is 1.84. The van der Waals surface area contributed by atoms with Gasteiger partial charge in [-0.15, -0.1) is 0 Å². The van der Waals surface area contributed by atoms with Crippen LogP contribution in [0.1, 0.15) is 12.5 Å². The highest BCUT2D eigenvalue weighted by atomic mass is 19.1. The van der Waals surface area contributed by atoms with Crippen molar-refractivity contribution in [3.8, 4) is 0 Å². The van der Waals surface area contributed by atoms with Gasteiger partial charge in [-0.05, 0) is 11.6 Å². The molecule has 1 aromatic rings. The predicted molar refractivity (Wildman–Crippen MR) is 77.2 cm³/mol. The quantitative estimate of drug-likeness (QED) is 0.778. The Morgan fingerprint density at radius 3 is 2.62 bits per heavy atom. The monoisotopic (exact) mass is 296 g/mol. The van der Waals surface area contributed by atoms with Gasteiger partial charge in [-0.3, -0.25) is 9.59 Å². The highest BCUT2D eigenvalue weighted by Crippen LogP contribution is 2.06. The Labute approximate surface area is 124 Å². The standard InChI is InChI=1S/C15H21FN2O3/c1-12(19)18(9-10-21-2)8-7-17-15(20)11-13-5-3-4-6-14(13)16/h3-6H,7-11H2,1-2H3,(H,17,20). The van der Waals surface area contributed by atoms with Crippen LogP contribution in [-0.4, -0.2) is 50.1 Å². The molecule has 0 saturated carbocycles. The van der Waals surface area contributed by atoms with Gasteiger partial charge in [-0.1, -0.05) is 18.2 Å². The molecule has 6 heteroatoms. The van der Waals surface area contributed by atoms with Crippen LogP contribution in [0.2, 0.25) is 0 Å². The lowest BCUT2D eigenvalue weighted by Gasteiger charge is -2.20. The van der Waals surface area contributed by atoms with E-state index >= 15 is 0 Å². The molecule has 0 aliphatic carbocycles. The van der Waals surface area contributed by atoms with E-state index in [1.807, 2.05) is 0 Å². The molecule has 0 aromatic heterocycles. The second-order valence-corrected chi connectivity index (χ2v) is 4.62. The van der Waals surface area contributed by atoms with Gasteiger partial charge in [0, 0.05) is 33.7 Å². The van der Waals surface area contributed by atoms with Gasteiger partial charge < -0.3 is 15.0 Å². The first-order valence-electron chi connectivity index (χ1n) is 6.79. The molecule has 1 rings (SSSR count). The van der Waals surface area contributed by atoms with E-state index in [-0.39, 0.29) is 18.2 Å². The van der Waals surface area contributed by atoms with Crippen LogP contribution in [0.3, 0.4) is 0 Å². The van der Waals surface area contributed by atoms with E-state index < -0.39 is 5.82 Å². The Morgan fingerprint density at radius 1 is 1.29 bits per heavy atom. The number of hydrogen-bond acceptors (Lipinski definition) is 3. The molecule has 0 bridgehead atoms. The Kier molecular flexibility index (Phi) is 7.39. The number of rotatable bonds is 8. The Hall–Kier alpha value is -1.95. The average molecular weight is 296 g/mol. The predicted octanol–water partition coefficient (Wildman–Crippen LogP) is 0.979. The number of nitrogens with zero attached hydrogens (tertiary/aromatic N) is 1. The number of carbonyl (C=O) groups is 2. The minimum absolute atomic E-state index is 0.00911. The first-order valence-corrected chi connectivity index (χ1v) is 6.79. The van der Waals surface area contributed by atoms with Gasteiger partial charge in [0.1, 0.15) is 5.82 Å². The minimum Gasteiger partial charge on any atom is -0.383 e. The molecule has 5 nitrogen and oxygen atoms in total. The van der Waals surface area contributed by atoms with Crippen molar-refractivity contribution < 1.29 is 18.7 Å². The van der Waals surface area contributed by atoms with E-state index in [9.17, 15) is 14.0 Å². The summed E-state index contributed by atoms with van der Waals surface area (Å²) in [5.41, 5.74) is 0.359. The number of hydrogen-bond donors (Lipinski definition) is 1. The molecule has 0 aliphatic rings. The Bertz CT molecular complexity index is 480. The van der Waals surface area contributed by atoms with E-state index in [4.69, 9.17) is 4.74 Å². The third-order valence-electron chi connectivity index (χ3n) is 3.02. The lowest BCUT2D eigenvalue weighted by molar-refractivity contribution is -0.130. The number of benzene rings is 1. The van der Waals surface area contributed by atoms with E-state index in [2.05, 4.69) is 5.32 Å². The number of carbonyl (C=O) groups excluding carboxylic acids is 2. The number of halogens is 1. The zero-order chi connectivity index (χ0) is 15.7. The van der Waals surface area contributed by atoms with Crippen LogP contribution in [0.4, 0.5) is 4.39 Å². The largest absolute Gasteiger partial charge is 0.383 e. The molecule has 0 radical (unpaired) electrons. The molecule has 21 heavy (non-hydrogen) atoms. The molecule has 1 aromatic carbocycles. The van der Waals surface area contributed by atoms with E-state index in [1.165, 1.54) is 13.0 Å². The van der Waals surface area contributed by atoms with Crippen LogP contribution in [-0.2, 0) is 20.7 Å². The number of nitrogens with one attached hydrogen (secondary N) is 1. The summed E-state index contributed by atoms with van der Waals surface area (Å²) in [6, 6.07) is 6.17. The van der Waals surface area contributed by atoms with Gasteiger partial charge >= 0.3 is 0 Å². The van der Waals surface area contributed by atoms with Gasteiger partial charge in [0.15, 0.2) is 0 Å². The van der Waals surface area contributed by atoms with Crippen LogP contribution in [0, 0.1) is 5.82 Å². The summed E-state index contributed by atoms with van der Waals surface area (Å²) in [5.74, 6) is -0.733. The van der Waals surface area contributed by atoms with Crippen molar-refractivity contribution in [3.05, 3.63) is 35.6 Å². The number of methoxy groups -OCH3 is 1. The van der Waals surface area contributed by atoms with Gasteiger partial charge in [0.05, 0.1) is 13.0 Å². The molecule has 0 aliphatic heterocycles. The highest BCUT2D eigenvalue weighted by Gasteiger charge is 2.10. The normalized spacial score (nSPS) is 10.2. The van der Waals surface area contributed by atoms with E-state index in [0.717, 1.165) is 0 Å². The molecule has 0 saturated heterocycles. The molecule has 0 spiro atoms. The topological polar surface area (TPSA) is 58.6 Å². The molecule has 1 N–H and O–H groups in total. The zero-order valence-electron chi connectivity index (χ0n) is 12.4. The molecular weight excluding hydrogens is 275 g/mol. The van der Waals surface area contributed by atoms with Crippen LogP contribution < -0.4 is 5.32 Å². The molecule has 2 amide bonds. The summed E-state index contributed by atoms with van der Waals surface area (Å²) in [6.07, 6.45) is -0.00911. The van der Waals surface area contributed by atoms with Gasteiger partial charge in [-0.2, -0.15) is 0 Å². The summed E-state index contributed by atoms with van der Waals surface area (Å²) in [7, 11) is 1.56. The zero-order valence-corrected chi connectivity index (χ0v) is 12.4. The summed E-state index contributed by atoms with van der Waals surface area (Å²) in [4.78, 5) is 24.7. The Balaban J connectivity index is 2.35. The lowest BCUT2D eigenvalue weighted by Crippen LogP contribution is -2.39. The molecule has 0 heterocycles. The fraction of sp³-hybridized carbons (Fsp3) is 0.467. The minimum atomic E-state index is -0.391. The molecule has 0 unspecified atom stereocenters. The lowest BCUT2D eigenvalue weighted by atomic mass is 10.1. The van der Waals surface area contributed by atoms with Gasteiger partial charge in [0.2, 0.25) is 11.8 Å². The average Bonchev–Trinajstić information content (AvgIpc) is 2.44. The van der Waals surface area contributed by atoms with Crippen molar-refractivity contribution in [2.45, 2.75) is 13.3 Å². The van der Waals surface area contributed by atoms with Crippen molar-refractivity contribution in [1.29, 1.82) is 0 Å². The van der Waals surface area contributed by atoms with Crippen LogP contribution in [0.25, 0.3) is 0 Å². The van der Waals surface area contributed by atoms with Gasteiger partial charge in [0.25, 0.3) is 0 Å². The SMILES string of the molecule is COCCN(CCNC(=O)Cc1ccccc1F)C(C)=O. The maximum atomic E-state index is 13.4. The van der Waals surface area contributed by atoms with Crippen molar-refractivity contribution >= 4 is 11.8 Å². The first kappa shape index (κ1) is 17.1. The highest BCUT2D eigenvalue weighted by molar-refractivity contribution is 5.78. The van der Waals surface area contributed by atoms with Crippen molar-refractivity contribution in [1.82, 2.24) is 10.2 Å². The summed E-state index contributed by atoms with van der Waals surface area (Å²) in [6.45, 7) is 3.13. The summed E-state index contributed by atoms with van der Waals surface area (Å²) < 4.78 is 18.3.